The molecule has 1 rings (SSSR count). The topological polar surface area (TPSA) is 47.6 Å². The minimum Gasteiger partial charge on any atom is -0.465 e. The summed E-state index contributed by atoms with van der Waals surface area (Å²) in [5, 5.41) is 2.89. The van der Waals surface area contributed by atoms with Gasteiger partial charge in [0.1, 0.15) is 6.04 Å². The van der Waals surface area contributed by atoms with Crippen LogP contribution < -0.4 is 5.32 Å². The quantitative estimate of drug-likeness (QED) is 0.484. The smallest absolute Gasteiger partial charge is 0.325 e. The molecule has 4 nitrogen and oxygen atoms in total. The molecule has 1 atom stereocenters. The molecule has 1 aliphatic rings. The van der Waals surface area contributed by atoms with Gasteiger partial charge in [0.05, 0.1) is 13.2 Å². The van der Waals surface area contributed by atoms with Gasteiger partial charge in [-0.15, -0.1) is 0 Å². The fourth-order valence-corrected chi connectivity index (χ4v) is 1.37. The molecule has 0 radical (unpaired) electrons. The number of hydrogen-bond donors (Lipinski definition) is 1. The van der Waals surface area contributed by atoms with Crippen molar-refractivity contribution in [2.24, 2.45) is 5.92 Å². The van der Waals surface area contributed by atoms with Crippen molar-refractivity contribution in [3.63, 3.8) is 0 Å². The van der Waals surface area contributed by atoms with E-state index in [1.165, 1.54) is 12.8 Å². The number of carbonyl (C=O) groups is 1. The number of hydrogen-bond acceptors (Lipinski definition) is 4. The van der Waals surface area contributed by atoms with Crippen molar-refractivity contribution in [3.05, 3.63) is 0 Å². The Hall–Kier alpha value is -0.610. The number of likely N-dealkylation sites (N-methyl/N-ethyl adjacent to an activating group) is 1. The van der Waals surface area contributed by atoms with Crippen LogP contribution in [-0.2, 0) is 14.3 Å². The van der Waals surface area contributed by atoms with E-state index in [0.29, 0.717) is 13.2 Å². The minimum absolute atomic E-state index is 0.230. The van der Waals surface area contributed by atoms with Gasteiger partial charge in [0.2, 0.25) is 0 Å². The normalized spacial score (nSPS) is 17.5. The highest BCUT2D eigenvalue weighted by molar-refractivity contribution is 5.75. The standard InChI is InChI=1S/C11H21NO3/c1-3-15-11(13)10(12-2)8-14-7-6-9-4-5-9/h9-10,12H,3-8H2,1-2H3. The first-order valence-electron chi connectivity index (χ1n) is 5.69. The third-order valence-corrected chi connectivity index (χ3v) is 2.57. The summed E-state index contributed by atoms with van der Waals surface area (Å²) in [6.07, 6.45) is 3.81. The van der Waals surface area contributed by atoms with E-state index in [1.54, 1.807) is 14.0 Å². The Labute approximate surface area is 91.3 Å². The Morgan fingerprint density at radius 2 is 2.27 bits per heavy atom. The molecule has 0 heterocycles. The number of rotatable bonds is 8. The van der Waals surface area contributed by atoms with Gasteiger partial charge >= 0.3 is 5.97 Å². The summed E-state index contributed by atoms with van der Waals surface area (Å²) < 4.78 is 10.3. The monoisotopic (exact) mass is 215 g/mol. The van der Waals surface area contributed by atoms with E-state index < -0.39 is 0 Å². The van der Waals surface area contributed by atoms with Crippen LogP contribution in [0.3, 0.4) is 0 Å². The summed E-state index contributed by atoms with van der Waals surface area (Å²) in [6, 6.07) is -0.329. The van der Waals surface area contributed by atoms with E-state index >= 15 is 0 Å². The molecule has 0 aliphatic heterocycles. The Balaban J connectivity index is 2.05. The van der Waals surface area contributed by atoms with Crippen LogP contribution >= 0.6 is 0 Å². The second-order valence-corrected chi connectivity index (χ2v) is 3.90. The fraction of sp³-hybridized carbons (Fsp3) is 0.909. The Morgan fingerprint density at radius 3 is 2.80 bits per heavy atom. The van der Waals surface area contributed by atoms with Gasteiger partial charge in [0.25, 0.3) is 0 Å². The Morgan fingerprint density at radius 1 is 1.53 bits per heavy atom. The van der Waals surface area contributed by atoms with E-state index in [0.717, 1.165) is 18.9 Å². The predicted octanol–water partition coefficient (Wildman–Crippen LogP) is 0.954. The van der Waals surface area contributed by atoms with Gasteiger partial charge in [-0.2, -0.15) is 0 Å². The molecule has 88 valence electrons. The van der Waals surface area contributed by atoms with Gasteiger partial charge in [0, 0.05) is 6.61 Å². The third kappa shape index (κ3) is 5.14. The summed E-state index contributed by atoms with van der Waals surface area (Å²) in [5.41, 5.74) is 0. The summed E-state index contributed by atoms with van der Waals surface area (Å²) >= 11 is 0. The Bertz CT molecular complexity index is 192. The molecule has 0 spiro atoms. The van der Waals surface area contributed by atoms with E-state index in [2.05, 4.69) is 5.32 Å². The van der Waals surface area contributed by atoms with Crippen molar-refractivity contribution in [2.75, 3.05) is 26.9 Å². The molecular weight excluding hydrogens is 194 g/mol. The summed E-state index contributed by atoms with van der Waals surface area (Å²) in [5.74, 6) is 0.645. The maximum Gasteiger partial charge on any atom is 0.325 e. The first kappa shape index (κ1) is 12.5. The zero-order chi connectivity index (χ0) is 11.1. The molecule has 1 saturated carbocycles. The molecule has 1 aliphatic carbocycles. The molecule has 4 heteroatoms. The van der Waals surface area contributed by atoms with Crippen molar-refractivity contribution in [1.29, 1.82) is 0 Å². The van der Waals surface area contributed by atoms with Crippen LogP contribution in [0.25, 0.3) is 0 Å². The number of ether oxygens (including phenoxy) is 2. The van der Waals surface area contributed by atoms with Crippen molar-refractivity contribution in [2.45, 2.75) is 32.2 Å². The summed E-state index contributed by atoms with van der Waals surface area (Å²) in [6.45, 7) is 3.38. The first-order chi connectivity index (χ1) is 7.27. The van der Waals surface area contributed by atoms with Crippen molar-refractivity contribution in [3.8, 4) is 0 Å². The lowest BCUT2D eigenvalue weighted by molar-refractivity contribution is -0.147. The van der Waals surface area contributed by atoms with E-state index in [1.807, 2.05) is 0 Å². The first-order valence-corrected chi connectivity index (χ1v) is 5.69. The lowest BCUT2D eigenvalue weighted by Gasteiger charge is -2.14. The predicted molar refractivity (Wildman–Crippen MR) is 57.6 cm³/mol. The van der Waals surface area contributed by atoms with Crippen LogP contribution in [0.15, 0.2) is 0 Å². The molecule has 0 aromatic carbocycles. The van der Waals surface area contributed by atoms with E-state index in [4.69, 9.17) is 9.47 Å². The molecule has 1 fully saturated rings. The van der Waals surface area contributed by atoms with Crippen molar-refractivity contribution in [1.82, 2.24) is 5.32 Å². The maximum absolute atomic E-state index is 11.3. The minimum atomic E-state index is -0.329. The highest BCUT2D eigenvalue weighted by atomic mass is 16.5. The zero-order valence-corrected chi connectivity index (χ0v) is 9.62. The van der Waals surface area contributed by atoms with E-state index in [-0.39, 0.29) is 12.0 Å². The average molecular weight is 215 g/mol. The van der Waals surface area contributed by atoms with Gasteiger partial charge in [-0.05, 0) is 26.3 Å². The van der Waals surface area contributed by atoms with Gasteiger partial charge in [-0.1, -0.05) is 12.8 Å². The third-order valence-electron chi connectivity index (χ3n) is 2.57. The number of esters is 1. The maximum atomic E-state index is 11.3. The van der Waals surface area contributed by atoms with Crippen LogP contribution in [0.2, 0.25) is 0 Å². The Kier molecular flexibility index (Phi) is 5.65. The molecule has 0 aromatic heterocycles. The summed E-state index contributed by atoms with van der Waals surface area (Å²) in [7, 11) is 1.74. The van der Waals surface area contributed by atoms with Crippen molar-refractivity contribution >= 4 is 5.97 Å². The van der Waals surface area contributed by atoms with Gasteiger partial charge in [0.15, 0.2) is 0 Å². The second-order valence-electron chi connectivity index (χ2n) is 3.90. The van der Waals surface area contributed by atoms with Gasteiger partial charge in [-0.25, -0.2) is 0 Å². The van der Waals surface area contributed by atoms with Crippen LogP contribution in [0.1, 0.15) is 26.2 Å². The van der Waals surface area contributed by atoms with Crippen molar-refractivity contribution < 1.29 is 14.3 Å². The lowest BCUT2D eigenvalue weighted by Crippen LogP contribution is -2.39. The number of carbonyl (C=O) groups excluding carboxylic acids is 1. The second kappa shape index (κ2) is 6.80. The largest absolute Gasteiger partial charge is 0.465 e. The van der Waals surface area contributed by atoms with Gasteiger partial charge in [-0.3, -0.25) is 4.79 Å². The molecule has 1 N–H and O–H groups in total. The zero-order valence-electron chi connectivity index (χ0n) is 9.62. The van der Waals surface area contributed by atoms with E-state index in [9.17, 15) is 4.79 Å². The molecule has 0 bridgehead atoms. The molecule has 0 aromatic rings. The number of nitrogens with one attached hydrogen (secondary N) is 1. The molecule has 0 saturated heterocycles. The van der Waals surface area contributed by atoms with Crippen LogP contribution in [0.4, 0.5) is 0 Å². The summed E-state index contributed by atoms with van der Waals surface area (Å²) in [4.78, 5) is 11.3. The average Bonchev–Trinajstić information content (AvgIpc) is 3.02. The molecule has 1 unspecified atom stereocenters. The molecular formula is C11H21NO3. The molecule has 15 heavy (non-hydrogen) atoms. The molecule has 0 amide bonds. The van der Waals surface area contributed by atoms with Crippen LogP contribution in [-0.4, -0.2) is 38.9 Å². The van der Waals surface area contributed by atoms with Crippen LogP contribution in [0, 0.1) is 5.92 Å². The SMILES string of the molecule is CCOC(=O)C(COCCC1CC1)NC. The lowest BCUT2D eigenvalue weighted by atomic mass is 10.3. The van der Waals surface area contributed by atoms with Gasteiger partial charge < -0.3 is 14.8 Å². The fourth-order valence-electron chi connectivity index (χ4n) is 1.37. The van der Waals surface area contributed by atoms with Crippen LogP contribution in [0.5, 0.6) is 0 Å². The highest BCUT2D eigenvalue weighted by Crippen LogP contribution is 2.32. The highest BCUT2D eigenvalue weighted by Gasteiger charge is 2.21.